The van der Waals surface area contributed by atoms with E-state index in [1.54, 1.807) is 16.8 Å². The molecule has 0 aliphatic carbocycles. The number of benzene rings is 1. The maximum absolute atomic E-state index is 13.5. The molecule has 0 atom stereocenters. The lowest BCUT2D eigenvalue weighted by Gasteiger charge is -2.06. The molecule has 0 saturated carbocycles. The third-order valence-electron chi connectivity index (χ3n) is 2.18. The van der Waals surface area contributed by atoms with Gasteiger partial charge in [0, 0.05) is 13.2 Å². The molecule has 1 heterocycles. The molecule has 16 heavy (non-hydrogen) atoms. The van der Waals surface area contributed by atoms with Gasteiger partial charge in [-0.05, 0) is 18.2 Å². The highest BCUT2D eigenvalue weighted by molar-refractivity contribution is 6.31. The van der Waals surface area contributed by atoms with Crippen molar-refractivity contribution in [3.05, 3.63) is 47.0 Å². The van der Waals surface area contributed by atoms with Gasteiger partial charge >= 0.3 is 0 Å². The first-order valence-electron chi connectivity index (χ1n) is 4.83. The van der Waals surface area contributed by atoms with Gasteiger partial charge in [0.1, 0.15) is 0 Å². The van der Waals surface area contributed by atoms with Gasteiger partial charge in [-0.15, -0.1) is 0 Å². The van der Waals surface area contributed by atoms with Crippen LogP contribution in [0.15, 0.2) is 30.5 Å². The summed E-state index contributed by atoms with van der Waals surface area (Å²) < 4.78 is 15.2. The van der Waals surface area contributed by atoms with Crippen molar-refractivity contribution >= 4 is 17.3 Å². The molecule has 0 radical (unpaired) electrons. The van der Waals surface area contributed by atoms with Gasteiger partial charge < -0.3 is 5.32 Å². The van der Waals surface area contributed by atoms with Gasteiger partial charge in [0.15, 0.2) is 5.82 Å². The molecule has 0 saturated heterocycles. The van der Waals surface area contributed by atoms with E-state index >= 15 is 0 Å². The predicted molar refractivity (Wildman–Crippen MR) is 61.9 cm³/mol. The normalized spacial score (nSPS) is 10.4. The van der Waals surface area contributed by atoms with E-state index in [9.17, 15) is 4.39 Å². The van der Waals surface area contributed by atoms with Crippen LogP contribution in [0, 0.1) is 5.82 Å². The molecule has 1 aromatic heterocycles. The maximum atomic E-state index is 13.5. The van der Waals surface area contributed by atoms with Gasteiger partial charge in [-0.1, -0.05) is 17.7 Å². The molecule has 0 fully saturated rings. The van der Waals surface area contributed by atoms with Crippen LogP contribution in [0.25, 0.3) is 0 Å². The van der Waals surface area contributed by atoms with Crippen LogP contribution < -0.4 is 5.32 Å². The van der Waals surface area contributed by atoms with Gasteiger partial charge in [0.2, 0.25) is 0 Å². The smallest absolute Gasteiger partial charge is 0.164 e. The topological polar surface area (TPSA) is 29.9 Å². The van der Waals surface area contributed by atoms with E-state index in [2.05, 4.69) is 10.4 Å². The highest BCUT2D eigenvalue weighted by Crippen LogP contribution is 2.22. The van der Waals surface area contributed by atoms with Gasteiger partial charge in [-0.2, -0.15) is 5.10 Å². The lowest BCUT2D eigenvalue weighted by atomic mass is 10.3. The molecule has 1 N–H and O–H groups in total. The Morgan fingerprint density at radius 1 is 1.44 bits per heavy atom. The first-order valence-corrected chi connectivity index (χ1v) is 5.21. The van der Waals surface area contributed by atoms with Crippen molar-refractivity contribution in [3.8, 4) is 0 Å². The number of hydrogen-bond acceptors (Lipinski definition) is 2. The van der Waals surface area contributed by atoms with Crippen molar-refractivity contribution in [1.29, 1.82) is 0 Å². The zero-order valence-corrected chi connectivity index (χ0v) is 9.50. The summed E-state index contributed by atoms with van der Waals surface area (Å²) in [5.74, 6) is -0.430. The standard InChI is InChI=1S/C11H11ClFN3/c1-16-6-5-8(15-16)7-14-10-4-2-3-9(12)11(10)13/h2-6,14H,7H2,1H3. The fraction of sp³-hybridized carbons (Fsp3) is 0.182. The van der Waals surface area contributed by atoms with Crippen LogP contribution in [0.5, 0.6) is 0 Å². The number of halogens is 2. The molecular formula is C11H11ClFN3. The molecule has 0 spiro atoms. The van der Waals surface area contributed by atoms with E-state index in [4.69, 9.17) is 11.6 Å². The van der Waals surface area contributed by atoms with E-state index in [0.29, 0.717) is 12.2 Å². The molecular weight excluding hydrogens is 229 g/mol. The molecule has 84 valence electrons. The fourth-order valence-electron chi connectivity index (χ4n) is 1.38. The summed E-state index contributed by atoms with van der Waals surface area (Å²) in [6, 6.07) is 6.73. The number of aromatic nitrogens is 2. The summed E-state index contributed by atoms with van der Waals surface area (Å²) in [6.07, 6.45) is 1.84. The Labute approximate surface area is 97.8 Å². The molecule has 2 aromatic rings. The molecule has 0 amide bonds. The van der Waals surface area contributed by atoms with Crippen LogP contribution in [-0.2, 0) is 13.6 Å². The lowest BCUT2D eigenvalue weighted by Crippen LogP contribution is -2.03. The van der Waals surface area contributed by atoms with E-state index in [1.165, 1.54) is 6.07 Å². The second-order valence-electron chi connectivity index (χ2n) is 3.44. The molecule has 1 aromatic carbocycles. The van der Waals surface area contributed by atoms with Crippen LogP contribution in [-0.4, -0.2) is 9.78 Å². The van der Waals surface area contributed by atoms with Crippen LogP contribution in [0.4, 0.5) is 10.1 Å². The fourth-order valence-corrected chi connectivity index (χ4v) is 1.56. The molecule has 0 unspecified atom stereocenters. The van der Waals surface area contributed by atoms with Crippen molar-refractivity contribution < 1.29 is 4.39 Å². The summed E-state index contributed by atoms with van der Waals surface area (Å²) in [5, 5.41) is 7.24. The van der Waals surface area contributed by atoms with E-state index in [-0.39, 0.29) is 5.02 Å². The van der Waals surface area contributed by atoms with Gasteiger partial charge in [-0.3, -0.25) is 4.68 Å². The zero-order valence-electron chi connectivity index (χ0n) is 8.74. The highest BCUT2D eigenvalue weighted by Gasteiger charge is 2.05. The Kier molecular flexibility index (Phi) is 3.10. The Bertz CT molecular complexity index is 496. The first-order chi connectivity index (χ1) is 7.66. The van der Waals surface area contributed by atoms with Crippen LogP contribution in [0.2, 0.25) is 5.02 Å². The Balaban J connectivity index is 2.07. The summed E-state index contributed by atoms with van der Waals surface area (Å²) in [4.78, 5) is 0. The highest BCUT2D eigenvalue weighted by atomic mass is 35.5. The number of nitrogens with zero attached hydrogens (tertiary/aromatic N) is 2. The number of hydrogen-bond donors (Lipinski definition) is 1. The molecule has 0 aliphatic rings. The van der Waals surface area contributed by atoms with Gasteiger partial charge in [-0.25, -0.2) is 4.39 Å². The zero-order chi connectivity index (χ0) is 11.5. The summed E-state index contributed by atoms with van der Waals surface area (Å²) in [5.41, 5.74) is 1.24. The molecule has 0 aliphatic heterocycles. The maximum Gasteiger partial charge on any atom is 0.164 e. The molecule has 3 nitrogen and oxygen atoms in total. The SMILES string of the molecule is Cn1ccc(CNc2cccc(Cl)c2F)n1. The summed E-state index contributed by atoms with van der Waals surface area (Å²) in [7, 11) is 1.84. The number of nitrogens with one attached hydrogen (secondary N) is 1. The van der Waals surface area contributed by atoms with E-state index in [1.807, 2.05) is 19.3 Å². The summed E-state index contributed by atoms with van der Waals surface area (Å²) in [6.45, 7) is 0.470. The third kappa shape index (κ3) is 2.33. The van der Waals surface area contributed by atoms with Gasteiger partial charge in [0.05, 0.1) is 22.9 Å². The van der Waals surface area contributed by atoms with Crippen molar-refractivity contribution in [2.75, 3.05) is 5.32 Å². The average Bonchev–Trinajstić information content (AvgIpc) is 2.67. The van der Waals surface area contributed by atoms with Crippen molar-refractivity contribution in [2.45, 2.75) is 6.54 Å². The Morgan fingerprint density at radius 3 is 2.94 bits per heavy atom. The number of aryl methyl sites for hydroxylation is 1. The average molecular weight is 240 g/mol. The second-order valence-corrected chi connectivity index (χ2v) is 3.84. The number of anilines is 1. The number of rotatable bonds is 3. The Hall–Kier alpha value is -1.55. The summed E-state index contributed by atoms with van der Waals surface area (Å²) >= 11 is 5.66. The van der Waals surface area contributed by atoms with Crippen molar-refractivity contribution in [1.82, 2.24) is 9.78 Å². The predicted octanol–water partition coefficient (Wildman–Crippen LogP) is 2.82. The van der Waals surface area contributed by atoms with E-state index in [0.717, 1.165) is 5.69 Å². The van der Waals surface area contributed by atoms with Crippen LogP contribution >= 0.6 is 11.6 Å². The largest absolute Gasteiger partial charge is 0.377 e. The van der Waals surface area contributed by atoms with E-state index < -0.39 is 5.82 Å². The minimum atomic E-state index is -0.430. The second kappa shape index (κ2) is 4.53. The quantitative estimate of drug-likeness (QED) is 0.893. The minimum Gasteiger partial charge on any atom is -0.377 e. The minimum absolute atomic E-state index is 0.117. The van der Waals surface area contributed by atoms with Crippen LogP contribution in [0.3, 0.4) is 0 Å². The molecule has 0 bridgehead atoms. The third-order valence-corrected chi connectivity index (χ3v) is 2.47. The lowest BCUT2D eigenvalue weighted by molar-refractivity contribution is 0.630. The molecule has 2 rings (SSSR count). The first kappa shape index (κ1) is 11.0. The van der Waals surface area contributed by atoms with Crippen molar-refractivity contribution in [2.24, 2.45) is 7.05 Å². The van der Waals surface area contributed by atoms with Crippen molar-refractivity contribution in [3.63, 3.8) is 0 Å². The Morgan fingerprint density at radius 2 is 2.25 bits per heavy atom. The molecule has 5 heteroatoms. The monoisotopic (exact) mass is 239 g/mol. The van der Waals surface area contributed by atoms with Crippen LogP contribution in [0.1, 0.15) is 5.69 Å². The van der Waals surface area contributed by atoms with Gasteiger partial charge in [0.25, 0.3) is 0 Å².